The lowest BCUT2D eigenvalue weighted by molar-refractivity contribution is -0.742. The summed E-state index contributed by atoms with van der Waals surface area (Å²) in [6.07, 6.45) is 2.76. The number of carboxylic acid groups (broad SMARTS) is 1. The first-order valence-electron chi connectivity index (χ1n) is 3.14. The minimum absolute atomic E-state index is 0.160. The molecular formula is C6H6N2O5S. The van der Waals surface area contributed by atoms with Gasteiger partial charge in [-0.15, -0.1) is 22.7 Å². The SMILES string of the molecule is O=C(O)c1cncc(S)c1.O=[N+]([O-])O. The van der Waals surface area contributed by atoms with Crippen molar-refractivity contribution in [1.82, 2.24) is 4.98 Å². The van der Waals surface area contributed by atoms with E-state index in [4.69, 9.17) is 20.4 Å². The zero-order valence-electron chi connectivity index (χ0n) is 6.69. The standard InChI is InChI=1S/C6H5NO2S.HNO3/c8-6(9)4-1-5(10)3-7-2-4;2-1(3)4/h1-3,10H,(H,8,9);(H,2,3,4). The van der Waals surface area contributed by atoms with Crippen molar-refractivity contribution in [1.29, 1.82) is 0 Å². The van der Waals surface area contributed by atoms with Crippen LogP contribution in [0.2, 0.25) is 0 Å². The van der Waals surface area contributed by atoms with Gasteiger partial charge in [-0.1, -0.05) is 0 Å². The first-order chi connectivity index (χ1) is 6.43. The second-order valence-corrected chi connectivity index (χ2v) is 2.49. The molecule has 2 N–H and O–H groups in total. The molecule has 76 valence electrons. The third-order valence-electron chi connectivity index (χ3n) is 0.971. The molecule has 0 aliphatic carbocycles. The number of thiol groups is 1. The average molecular weight is 218 g/mol. The van der Waals surface area contributed by atoms with E-state index in [1.165, 1.54) is 18.5 Å². The van der Waals surface area contributed by atoms with Crippen LogP contribution in [-0.4, -0.2) is 26.4 Å². The molecule has 0 radical (unpaired) electrons. The minimum Gasteiger partial charge on any atom is -0.478 e. The van der Waals surface area contributed by atoms with Gasteiger partial charge in [-0.05, 0) is 6.07 Å². The van der Waals surface area contributed by atoms with Gasteiger partial charge in [0.05, 0.1) is 5.56 Å². The summed E-state index contributed by atoms with van der Waals surface area (Å²) < 4.78 is 0. The van der Waals surface area contributed by atoms with Crippen molar-refractivity contribution in [3.8, 4) is 0 Å². The topological polar surface area (TPSA) is 114 Å². The van der Waals surface area contributed by atoms with Gasteiger partial charge in [0.2, 0.25) is 0 Å². The molecule has 1 aromatic rings. The van der Waals surface area contributed by atoms with E-state index in [9.17, 15) is 4.79 Å². The average Bonchev–Trinajstić information content (AvgIpc) is 2.03. The van der Waals surface area contributed by atoms with E-state index in [1.807, 2.05) is 0 Å². The van der Waals surface area contributed by atoms with Crippen LogP contribution in [0, 0.1) is 10.1 Å². The number of hydrogen-bond donors (Lipinski definition) is 3. The third kappa shape index (κ3) is 5.77. The lowest BCUT2D eigenvalue weighted by Crippen LogP contribution is -1.96. The number of rotatable bonds is 1. The van der Waals surface area contributed by atoms with Gasteiger partial charge in [0, 0.05) is 17.3 Å². The van der Waals surface area contributed by atoms with Crippen molar-refractivity contribution in [2.45, 2.75) is 4.90 Å². The molecule has 8 heteroatoms. The maximum Gasteiger partial charge on any atom is 0.337 e. The fourth-order valence-electron chi connectivity index (χ4n) is 0.545. The lowest BCUT2D eigenvalue weighted by Gasteiger charge is -1.92. The summed E-state index contributed by atoms with van der Waals surface area (Å²) in [5, 5.41) is 22.1. The Bertz CT molecular complexity index is 339. The predicted molar refractivity (Wildman–Crippen MR) is 47.2 cm³/mol. The van der Waals surface area contributed by atoms with E-state index >= 15 is 0 Å². The highest BCUT2D eigenvalue weighted by Gasteiger charge is 2.00. The number of carboxylic acids is 1. The van der Waals surface area contributed by atoms with Crippen LogP contribution in [0.1, 0.15) is 10.4 Å². The van der Waals surface area contributed by atoms with Crippen LogP contribution in [-0.2, 0) is 0 Å². The quantitative estimate of drug-likeness (QED) is 0.363. The van der Waals surface area contributed by atoms with Crippen molar-refractivity contribution >= 4 is 18.6 Å². The molecule has 0 aliphatic rings. The highest BCUT2D eigenvalue weighted by molar-refractivity contribution is 7.80. The summed E-state index contributed by atoms with van der Waals surface area (Å²) in [5.41, 5.74) is 0.160. The van der Waals surface area contributed by atoms with Gasteiger partial charge in [0.15, 0.2) is 0 Å². The third-order valence-corrected chi connectivity index (χ3v) is 1.22. The molecule has 0 bridgehead atoms. The summed E-state index contributed by atoms with van der Waals surface area (Å²) >= 11 is 3.92. The number of hydrogen-bond acceptors (Lipinski definition) is 5. The summed E-state index contributed by atoms with van der Waals surface area (Å²) in [6.45, 7) is 0. The van der Waals surface area contributed by atoms with Crippen LogP contribution in [0.4, 0.5) is 0 Å². The number of aromatic carboxylic acids is 1. The second-order valence-electron chi connectivity index (χ2n) is 1.97. The predicted octanol–water partition coefficient (Wildman–Crippen LogP) is 0.721. The van der Waals surface area contributed by atoms with Crippen molar-refractivity contribution in [3.63, 3.8) is 0 Å². The van der Waals surface area contributed by atoms with E-state index in [0.717, 1.165) is 0 Å². The van der Waals surface area contributed by atoms with E-state index in [1.54, 1.807) is 0 Å². The molecule has 1 aromatic heterocycles. The van der Waals surface area contributed by atoms with Gasteiger partial charge in [0.25, 0.3) is 5.09 Å². The summed E-state index contributed by atoms with van der Waals surface area (Å²) in [7, 11) is 0. The lowest BCUT2D eigenvalue weighted by atomic mass is 10.3. The van der Waals surface area contributed by atoms with Crippen molar-refractivity contribution < 1.29 is 20.2 Å². The van der Waals surface area contributed by atoms with E-state index in [2.05, 4.69) is 17.6 Å². The smallest absolute Gasteiger partial charge is 0.337 e. The fraction of sp³-hybridized carbons (Fsp3) is 0. The van der Waals surface area contributed by atoms with E-state index < -0.39 is 11.1 Å². The number of pyridine rings is 1. The zero-order chi connectivity index (χ0) is 11.1. The molecule has 0 amide bonds. The fourth-order valence-corrected chi connectivity index (χ4v) is 0.751. The number of aromatic nitrogens is 1. The van der Waals surface area contributed by atoms with Gasteiger partial charge in [-0.25, -0.2) is 4.79 Å². The summed E-state index contributed by atoms with van der Waals surface area (Å²) in [4.78, 5) is 22.8. The molecule has 1 rings (SSSR count). The molecule has 0 spiro atoms. The molecular weight excluding hydrogens is 212 g/mol. The Hall–Kier alpha value is -1.83. The van der Waals surface area contributed by atoms with Crippen LogP contribution in [0.15, 0.2) is 23.4 Å². The van der Waals surface area contributed by atoms with Crippen molar-refractivity contribution in [2.75, 3.05) is 0 Å². The van der Waals surface area contributed by atoms with Gasteiger partial charge >= 0.3 is 5.97 Å². The molecule has 14 heavy (non-hydrogen) atoms. The highest BCUT2D eigenvalue weighted by Crippen LogP contribution is 2.05. The van der Waals surface area contributed by atoms with Crippen LogP contribution < -0.4 is 0 Å². The summed E-state index contributed by atoms with van der Waals surface area (Å²) in [6, 6.07) is 1.44. The highest BCUT2D eigenvalue weighted by atomic mass is 32.1. The molecule has 0 saturated carbocycles. The second kappa shape index (κ2) is 5.75. The van der Waals surface area contributed by atoms with Gasteiger partial charge in [-0.2, -0.15) is 0 Å². The van der Waals surface area contributed by atoms with Crippen LogP contribution >= 0.6 is 12.6 Å². The molecule has 0 aliphatic heterocycles. The van der Waals surface area contributed by atoms with Crippen molar-refractivity contribution in [3.05, 3.63) is 34.1 Å². The maximum atomic E-state index is 10.3. The first-order valence-corrected chi connectivity index (χ1v) is 3.58. The molecule has 0 fully saturated rings. The van der Waals surface area contributed by atoms with Crippen LogP contribution in [0.5, 0.6) is 0 Å². The molecule has 7 nitrogen and oxygen atoms in total. The maximum absolute atomic E-state index is 10.3. The Balaban J connectivity index is 0.000000364. The van der Waals surface area contributed by atoms with E-state index in [-0.39, 0.29) is 5.56 Å². The Morgan fingerprint density at radius 2 is 2.07 bits per heavy atom. The Labute approximate surface area is 83.5 Å². The van der Waals surface area contributed by atoms with E-state index in [0.29, 0.717) is 4.90 Å². The Kier molecular flexibility index (Phi) is 5.00. The van der Waals surface area contributed by atoms with Gasteiger partial charge < -0.3 is 10.3 Å². The molecule has 1 heterocycles. The van der Waals surface area contributed by atoms with Gasteiger partial charge in [-0.3, -0.25) is 4.98 Å². The monoisotopic (exact) mass is 218 g/mol. The Morgan fingerprint density at radius 3 is 2.36 bits per heavy atom. The molecule has 0 saturated heterocycles. The zero-order valence-corrected chi connectivity index (χ0v) is 7.59. The number of carbonyl (C=O) groups is 1. The molecule has 0 unspecified atom stereocenters. The largest absolute Gasteiger partial charge is 0.478 e. The van der Waals surface area contributed by atoms with Crippen LogP contribution in [0.25, 0.3) is 0 Å². The number of nitrogens with zero attached hydrogens (tertiary/aromatic N) is 2. The first kappa shape index (κ1) is 12.2. The minimum atomic E-state index is -1.50. The molecule has 0 atom stereocenters. The van der Waals surface area contributed by atoms with Crippen LogP contribution in [0.3, 0.4) is 0 Å². The molecule has 0 aromatic carbocycles. The van der Waals surface area contributed by atoms with Crippen molar-refractivity contribution in [2.24, 2.45) is 0 Å². The Morgan fingerprint density at radius 1 is 1.57 bits per heavy atom. The summed E-state index contributed by atoms with van der Waals surface area (Å²) in [5.74, 6) is -0.983. The normalized spacial score (nSPS) is 8.36. The van der Waals surface area contributed by atoms with Gasteiger partial charge in [0.1, 0.15) is 0 Å².